The molecule has 0 fully saturated rings. The van der Waals surface area contributed by atoms with Gasteiger partial charge in [-0.1, -0.05) is 47.5 Å². The van der Waals surface area contributed by atoms with Gasteiger partial charge in [-0.15, -0.1) is 0 Å². The van der Waals surface area contributed by atoms with Crippen LogP contribution in [0.2, 0.25) is 10.0 Å². The molecule has 7 heteroatoms. The van der Waals surface area contributed by atoms with Crippen LogP contribution in [0.25, 0.3) is 22.4 Å². The highest BCUT2D eigenvalue weighted by Gasteiger charge is 2.15. The lowest BCUT2D eigenvalue weighted by Crippen LogP contribution is -1.99. The number of halogens is 2. The van der Waals surface area contributed by atoms with E-state index in [1.165, 1.54) is 0 Å². The van der Waals surface area contributed by atoms with Crippen LogP contribution < -0.4 is 5.73 Å². The average Bonchev–Trinajstić information content (AvgIpc) is 2.58. The van der Waals surface area contributed by atoms with Crippen molar-refractivity contribution in [1.82, 2.24) is 9.97 Å². The molecule has 0 aliphatic heterocycles. The molecule has 4 nitrogen and oxygen atoms in total. The van der Waals surface area contributed by atoms with Crippen molar-refractivity contribution in [1.29, 1.82) is 0 Å². The molecular formula is C17H13Cl2N3OS. The van der Waals surface area contributed by atoms with Gasteiger partial charge < -0.3 is 5.73 Å². The molecular weight excluding hydrogens is 365 g/mol. The van der Waals surface area contributed by atoms with Gasteiger partial charge in [0.05, 0.1) is 15.7 Å². The Morgan fingerprint density at radius 3 is 2.42 bits per heavy atom. The Balaban J connectivity index is 2.19. The summed E-state index contributed by atoms with van der Waals surface area (Å²) in [5.74, 6) is 0.162. The van der Waals surface area contributed by atoms with E-state index in [9.17, 15) is 4.21 Å². The number of nitrogens with two attached hydrogens (primary N) is 1. The second kappa shape index (κ2) is 6.89. The number of hydrogen-bond donors (Lipinski definition) is 1. The molecule has 0 bridgehead atoms. The highest BCUT2D eigenvalue weighted by molar-refractivity contribution is 7.84. The summed E-state index contributed by atoms with van der Waals surface area (Å²) in [6.45, 7) is 0. The first kappa shape index (κ1) is 16.9. The lowest BCUT2D eigenvalue weighted by Gasteiger charge is -2.12. The third-order valence-corrected chi connectivity index (χ3v) is 5.26. The first-order valence-corrected chi connectivity index (χ1v) is 9.29. The standard InChI is InChI=1S/C17H13Cl2N3OS/c1-24(23)11-7-5-10(6-8-11)16-13(9-21-17(20)22-16)12-3-2-4-14(18)15(12)19/h2-9H,1H3,(H2,20,21,22). The molecule has 1 unspecified atom stereocenters. The maximum absolute atomic E-state index is 11.6. The van der Waals surface area contributed by atoms with Gasteiger partial charge in [0.15, 0.2) is 0 Å². The highest BCUT2D eigenvalue weighted by atomic mass is 35.5. The molecule has 122 valence electrons. The van der Waals surface area contributed by atoms with E-state index in [1.54, 1.807) is 30.7 Å². The van der Waals surface area contributed by atoms with Gasteiger partial charge in [0.25, 0.3) is 0 Å². The SMILES string of the molecule is CS(=O)c1ccc(-c2nc(N)ncc2-c2cccc(Cl)c2Cl)cc1. The van der Waals surface area contributed by atoms with Crippen molar-refractivity contribution in [2.45, 2.75) is 4.90 Å². The molecule has 3 aromatic rings. The second-order valence-corrected chi connectivity index (χ2v) is 7.24. The number of anilines is 1. The maximum atomic E-state index is 11.6. The topological polar surface area (TPSA) is 68.9 Å². The van der Waals surface area contributed by atoms with Crippen LogP contribution in [0, 0.1) is 0 Å². The molecule has 3 rings (SSSR count). The van der Waals surface area contributed by atoms with E-state index in [0.717, 1.165) is 21.6 Å². The smallest absolute Gasteiger partial charge is 0.220 e. The molecule has 0 spiro atoms. The Hall–Kier alpha value is -1.95. The fourth-order valence-electron chi connectivity index (χ4n) is 2.33. The Morgan fingerprint density at radius 1 is 1.04 bits per heavy atom. The van der Waals surface area contributed by atoms with E-state index in [4.69, 9.17) is 28.9 Å². The van der Waals surface area contributed by atoms with E-state index >= 15 is 0 Å². The molecule has 24 heavy (non-hydrogen) atoms. The van der Waals surface area contributed by atoms with E-state index in [-0.39, 0.29) is 5.95 Å². The van der Waals surface area contributed by atoms with Gasteiger partial charge in [-0.25, -0.2) is 9.97 Å². The molecule has 0 aliphatic carbocycles. The van der Waals surface area contributed by atoms with Crippen LogP contribution in [0.3, 0.4) is 0 Å². The zero-order valence-electron chi connectivity index (χ0n) is 12.7. The molecule has 0 amide bonds. The summed E-state index contributed by atoms with van der Waals surface area (Å²) in [4.78, 5) is 9.17. The molecule has 0 saturated carbocycles. The number of rotatable bonds is 3. The monoisotopic (exact) mass is 377 g/mol. The Labute approximate surface area is 152 Å². The van der Waals surface area contributed by atoms with Crippen LogP contribution in [-0.4, -0.2) is 20.4 Å². The maximum Gasteiger partial charge on any atom is 0.220 e. The van der Waals surface area contributed by atoms with Crippen molar-refractivity contribution >= 4 is 39.9 Å². The van der Waals surface area contributed by atoms with Crippen LogP contribution in [0.4, 0.5) is 5.95 Å². The number of aromatic nitrogens is 2. The Morgan fingerprint density at radius 2 is 1.75 bits per heavy atom. The van der Waals surface area contributed by atoms with Crippen molar-refractivity contribution < 1.29 is 4.21 Å². The molecule has 0 radical (unpaired) electrons. The van der Waals surface area contributed by atoms with Crippen LogP contribution in [0.5, 0.6) is 0 Å². The van der Waals surface area contributed by atoms with Crippen molar-refractivity contribution in [2.24, 2.45) is 0 Å². The lowest BCUT2D eigenvalue weighted by atomic mass is 10.0. The minimum absolute atomic E-state index is 0.162. The minimum atomic E-state index is -1.04. The minimum Gasteiger partial charge on any atom is -0.368 e. The van der Waals surface area contributed by atoms with Gasteiger partial charge in [0, 0.05) is 44.8 Å². The molecule has 2 aromatic carbocycles. The summed E-state index contributed by atoms with van der Waals surface area (Å²) in [6, 6.07) is 12.7. The third-order valence-electron chi connectivity index (χ3n) is 3.51. The summed E-state index contributed by atoms with van der Waals surface area (Å²) in [7, 11) is -1.04. The number of hydrogen-bond acceptors (Lipinski definition) is 4. The van der Waals surface area contributed by atoms with Crippen LogP contribution >= 0.6 is 23.2 Å². The molecule has 0 aliphatic rings. The largest absolute Gasteiger partial charge is 0.368 e. The molecule has 1 atom stereocenters. The van der Waals surface area contributed by atoms with Gasteiger partial charge in [-0.3, -0.25) is 4.21 Å². The van der Waals surface area contributed by atoms with E-state index < -0.39 is 10.8 Å². The molecule has 2 N–H and O–H groups in total. The first-order valence-electron chi connectivity index (χ1n) is 6.98. The Kier molecular flexibility index (Phi) is 4.85. The van der Waals surface area contributed by atoms with Crippen molar-refractivity contribution in [3.8, 4) is 22.4 Å². The number of benzene rings is 2. The van der Waals surface area contributed by atoms with Crippen molar-refractivity contribution in [3.05, 3.63) is 58.7 Å². The average molecular weight is 378 g/mol. The quantitative estimate of drug-likeness (QED) is 0.732. The fraction of sp³-hybridized carbons (Fsp3) is 0.0588. The van der Waals surface area contributed by atoms with E-state index in [0.29, 0.717) is 15.7 Å². The summed E-state index contributed by atoms with van der Waals surface area (Å²) in [5.41, 5.74) is 8.67. The number of nitrogen functional groups attached to an aromatic ring is 1. The Bertz CT molecular complexity index is 930. The van der Waals surface area contributed by atoms with Crippen LogP contribution in [0.1, 0.15) is 0 Å². The highest BCUT2D eigenvalue weighted by Crippen LogP contribution is 2.37. The molecule has 1 heterocycles. The molecule has 1 aromatic heterocycles. The lowest BCUT2D eigenvalue weighted by molar-refractivity contribution is 0.687. The van der Waals surface area contributed by atoms with Crippen molar-refractivity contribution in [3.63, 3.8) is 0 Å². The second-order valence-electron chi connectivity index (χ2n) is 5.07. The van der Waals surface area contributed by atoms with Crippen molar-refractivity contribution in [2.75, 3.05) is 12.0 Å². The summed E-state index contributed by atoms with van der Waals surface area (Å²) in [5, 5.41) is 0.883. The number of nitrogens with zero attached hydrogens (tertiary/aromatic N) is 2. The van der Waals surface area contributed by atoms with Gasteiger partial charge >= 0.3 is 0 Å². The fourth-order valence-corrected chi connectivity index (χ4v) is 3.25. The third kappa shape index (κ3) is 3.29. The predicted molar refractivity (Wildman–Crippen MR) is 99.7 cm³/mol. The summed E-state index contributed by atoms with van der Waals surface area (Å²) < 4.78 is 11.6. The zero-order valence-corrected chi connectivity index (χ0v) is 15.0. The van der Waals surface area contributed by atoms with Gasteiger partial charge in [0.1, 0.15) is 0 Å². The predicted octanol–water partition coefficient (Wildman–Crippen LogP) is 4.44. The van der Waals surface area contributed by atoms with Crippen LogP contribution in [0.15, 0.2) is 53.6 Å². The van der Waals surface area contributed by atoms with Gasteiger partial charge in [-0.05, 0) is 18.2 Å². The zero-order chi connectivity index (χ0) is 17.3. The van der Waals surface area contributed by atoms with Crippen LogP contribution in [-0.2, 0) is 10.8 Å². The summed E-state index contributed by atoms with van der Waals surface area (Å²) >= 11 is 12.5. The van der Waals surface area contributed by atoms with E-state index in [2.05, 4.69) is 9.97 Å². The molecule has 0 saturated heterocycles. The first-order chi connectivity index (χ1) is 11.5. The van der Waals surface area contributed by atoms with Gasteiger partial charge in [0.2, 0.25) is 5.95 Å². The van der Waals surface area contributed by atoms with Gasteiger partial charge in [-0.2, -0.15) is 0 Å². The summed E-state index contributed by atoms with van der Waals surface area (Å²) in [6.07, 6.45) is 3.26. The normalized spacial score (nSPS) is 12.1. The van der Waals surface area contributed by atoms with E-state index in [1.807, 2.05) is 24.3 Å².